The zero-order valence-corrected chi connectivity index (χ0v) is 25.5. The van der Waals surface area contributed by atoms with Gasteiger partial charge in [-0.05, 0) is 69.9 Å². The number of nitrogens with one attached hydrogen (secondary N) is 2. The van der Waals surface area contributed by atoms with Crippen LogP contribution in [0.3, 0.4) is 0 Å². The second-order valence-corrected chi connectivity index (χ2v) is 12.2. The Morgan fingerprint density at radius 3 is 2.00 bits per heavy atom. The van der Waals surface area contributed by atoms with Gasteiger partial charge in [0.1, 0.15) is 17.7 Å². The number of hydrogen-bond donors (Lipinski definition) is 2. The van der Waals surface area contributed by atoms with Crippen LogP contribution in [-0.4, -0.2) is 40.0 Å². The zero-order chi connectivity index (χ0) is 30.9. The van der Waals surface area contributed by atoms with E-state index in [9.17, 15) is 14.4 Å². The van der Waals surface area contributed by atoms with Crippen LogP contribution in [0.4, 0.5) is 4.79 Å². The predicted octanol–water partition coefficient (Wildman–Crippen LogP) is 6.45. The Bertz CT molecular complexity index is 1360. The van der Waals surface area contributed by atoms with Crippen molar-refractivity contribution in [1.29, 1.82) is 0 Å². The molecule has 42 heavy (non-hydrogen) atoms. The van der Waals surface area contributed by atoms with E-state index < -0.39 is 35.2 Å². The summed E-state index contributed by atoms with van der Waals surface area (Å²) in [5, 5.41) is 5.83. The highest BCUT2D eigenvalue weighted by molar-refractivity contribution is 5.93. The summed E-state index contributed by atoms with van der Waals surface area (Å²) in [5.41, 5.74) is 1.70. The lowest BCUT2D eigenvalue weighted by molar-refractivity contribution is -0.148. The Balaban J connectivity index is 2.07. The molecule has 0 aliphatic carbocycles. The summed E-state index contributed by atoms with van der Waals surface area (Å²) in [6, 6.07) is 24.5. The number of rotatable bonds is 10. The van der Waals surface area contributed by atoms with Gasteiger partial charge in [0, 0.05) is 18.5 Å². The van der Waals surface area contributed by atoms with Crippen molar-refractivity contribution in [2.45, 2.75) is 77.7 Å². The third-order valence-electron chi connectivity index (χ3n) is 6.51. The van der Waals surface area contributed by atoms with Crippen LogP contribution in [0, 0.1) is 0 Å². The van der Waals surface area contributed by atoms with Gasteiger partial charge < -0.3 is 20.3 Å². The van der Waals surface area contributed by atoms with Gasteiger partial charge in [0.25, 0.3) is 0 Å². The van der Waals surface area contributed by atoms with Crippen LogP contribution in [0.2, 0.25) is 0 Å². The minimum absolute atomic E-state index is 0.219. The van der Waals surface area contributed by atoms with E-state index in [1.54, 1.807) is 31.7 Å². The highest BCUT2D eigenvalue weighted by Crippen LogP contribution is 2.31. The summed E-state index contributed by atoms with van der Waals surface area (Å²) in [4.78, 5) is 43.2. The van der Waals surface area contributed by atoms with Gasteiger partial charge in [0.05, 0.1) is 0 Å². The topological polar surface area (TPSA) is 87.7 Å². The molecule has 222 valence electrons. The molecule has 0 aliphatic rings. The van der Waals surface area contributed by atoms with E-state index >= 15 is 0 Å². The van der Waals surface area contributed by atoms with E-state index in [0.717, 1.165) is 16.7 Å². The Hall–Kier alpha value is -4.39. The molecule has 0 saturated heterocycles. The van der Waals surface area contributed by atoms with Gasteiger partial charge in [0.15, 0.2) is 0 Å². The third kappa shape index (κ3) is 9.33. The fourth-order valence-corrected chi connectivity index (χ4v) is 4.67. The van der Waals surface area contributed by atoms with Gasteiger partial charge in [-0.3, -0.25) is 9.59 Å². The van der Waals surface area contributed by atoms with E-state index in [1.807, 2.05) is 106 Å². The number of amides is 3. The van der Waals surface area contributed by atoms with Crippen molar-refractivity contribution in [1.82, 2.24) is 15.5 Å². The summed E-state index contributed by atoms with van der Waals surface area (Å²) in [5.74, 6) is -0.736. The first-order valence-corrected chi connectivity index (χ1v) is 14.2. The summed E-state index contributed by atoms with van der Waals surface area (Å²) in [6.45, 7) is 15.1. The minimum Gasteiger partial charge on any atom is -0.444 e. The maximum atomic E-state index is 14.6. The van der Waals surface area contributed by atoms with Gasteiger partial charge in [-0.15, -0.1) is 0 Å². The SMILES string of the molecule is C=Cc1cccc(C(C(=O)NCc2ccccc2)N(C(=O)C(Cc2ccccc2)NC(=O)OC(C)(C)C)C(C)(C)C)c1. The molecule has 7 heteroatoms. The maximum absolute atomic E-state index is 14.6. The average Bonchev–Trinajstić information content (AvgIpc) is 2.93. The van der Waals surface area contributed by atoms with E-state index in [-0.39, 0.29) is 12.3 Å². The Morgan fingerprint density at radius 2 is 1.45 bits per heavy atom. The first-order valence-electron chi connectivity index (χ1n) is 14.2. The molecule has 0 bridgehead atoms. The van der Waals surface area contributed by atoms with Crippen LogP contribution in [-0.2, 0) is 27.3 Å². The standard InChI is InChI=1S/C35H43N3O4/c1-8-25-20-15-21-28(22-25)30(31(39)36-24-27-18-13-10-14-19-27)38(34(2,3)4)32(40)29(23-26-16-11-9-12-17-26)37-33(41)42-35(5,6)7/h8-22,29-30H,1,23-24H2,2-7H3,(H,36,39)(H,37,41). The first-order chi connectivity index (χ1) is 19.8. The second kappa shape index (κ2) is 14.0. The fraction of sp³-hybridized carbons (Fsp3) is 0.343. The van der Waals surface area contributed by atoms with Gasteiger partial charge >= 0.3 is 6.09 Å². The Morgan fingerprint density at radius 1 is 0.857 bits per heavy atom. The van der Waals surface area contributed by atoms with Gasteiger partial charge in [-0.2, -0.15) is 0 Å². The monoisotopic (exact) mass is 569 g/mol. The van der Waals surface area contributed by atoms with Gasteiger partial charge in [-0.1, -0.05) is 91.5 Å². The molecule has 0 fully saturated rings. The number of benzene rings is 3. The molecule has 3 aromatic carbocycles. The first kappa shape index (κ1) is 32.1. The maximum Gasteiger partial charge on any atom is 0.408 e. The Kier molecular flexibility index (Phi) is 10.7. The summed E-state index contributed by atoms with van der Waals surface area (Å²) < 4.78 is 5.52. The number of ether oxygens (including phenoxy) is 1. The lowest BCUT2D eigenvalue weighted by Crippen LogP contribution is -2.59. The predicted molar refractivity (Wildman–Crippen MR) is 167 cm³/mol. The number of hydrogen-bond acceptors (Lipinski definition) is 4. The molecule has 0 spiro atoms. The van der Waals surface area contributed by atoms with Crippen molar-refractivity contribution in [2.75, 3.05) is 0 Å². The van der Waals surface area contributed by atoms with Crippen LogP contribution in [0.1, 0.15) is 69.8 Å². The lowest BCUT2D eigenvalue weighted by Gasteiger charge is -2.43. The Labute approximate surface area is 250 Å². The summed E-state index contributed by atoms with van der Waals surface area (Å²) in [7, 11) is 0. The lowest BCUT2D eigenvalue weighted by atomic mass is 9.93. The van der Waals surface area contributed by atoms with Gasteiger partial charge in [-0.25, -0.2) is 4.79 Å². The molecule has 3 amide bonds. The van der Waals surface area contributed by atoms with Gasteiger partial charge in [0.2, 0.25) is 11.8 Å². The number of alkyl carbamates (subject to hydrolysis) is 1. The van der Waals surface area contributed by atoms with Crippen molar-refractivity contribution in [3.05, 3.63) is 114 Å². The molecule has 0 radical (unpaired) electrons. The van der Waals surface area contributed by atoms with Crippen LogP contribution < -0.4 is 10.6 Å². The number of carbonyl (C=O) groups excluding carboxylic acids is 3. The molecule has 3 aromatic rings. The van der Waals surface area contributed by atoms with Crippen LogP contribution in [0.25, 0.3) is 6.08 Å². The van der Waals surface area contributed by atoms with Crippen molar-refractivity contribution in [3.63, 3.8) is 0 Å². The van der Waals surface area contributed by atoms with E-state index in [2.05, 4.69) is 17.2 Å². The second-order valence-electron chi connectivity index (χ2n) is 12.2. The smallest absolute Gasteiger partial charge is 0.408 e. The van der Waals surface area contributed by atoms with Crippen LogP contribution >= 0.6 is 0 Å². The van der Waals surface area contributed by atoms with Crippen LogP contribution in [0.15, 0.2) is 91.5 Å². The normalized spacial score (nSPS) is 12.9. The molecule has 0 saturated carbocycles. The number of carbonyl (C=O) groups is 3. The summed E-state index contributed by atoms with van der Waals surface area (Å²) in [6.07, 6.45) is 1.22. The van der Waals surface area contributed by atoms with E-state index in [4.69, 9.17) is 4.74 Å². The van der Waals surface area contributed by atoms with E-state index in [0.29, 0.717) is 12.1 Å². The van der Waals surface area contributed by atoms with Crippen molar-refractivity contribution in [3.8, 4) is 0 Å². The summed E-state index contributed by atoms with van der Waals surface area (Å²) >= 11 is 0. The molecule has 7 nitrogen and oxygen atoms in total. The van der Waals surface area contributed by atoms with Crippen LogP contribution in [0.5, 0.6) is 0 Å². The zero-order valence-electron chi connectivity index (χ0n) is 25.5. The molecular formula is C35H43N3O4. The highest BCUT2D eigenvalue weighted by atomic mass is 16.6. The van der Waals surface area contributed by atoms with Crippen molar-refractivity contribution >= 4 is 24.0 Å². The van der Waals surface area contributed by atoms with E-state index in [1.165, 1.54) is 0 Å². The molecule has 0 heterocycles. The molecule has 2 N–H and O–H groups in total. The van der Waals surface area contributed by atoms with Crippen molar-refractivity contribution < 1.29 is 19.1 Å². The number of nitrogens with zero attached hydrogens (tertiary/aromatic N) is 1. The molecule has 0 aromatic heterocycles. The molecule has 2 unspecified atom stereocenters. The fourth-order valence-electron chi connectivity index (χ4n) is 4.67. The minimum atomic E-state index is -0.992. The molecule has 3 rings (SSSR count). The van der Waals surface area contributed by atoms with Crippen molar-refractivity contribution in [2.24, 2.45) is 0 Å². The molecule has 0 aliphatic heterocycles. The molecule has 2 atom stereocenters. The molecular weight excluding hydrogens is 526 g/mol. The highest BCUT2D eigenvalue weighted by Gasteiger charge is 2.42. The largest absolute Gasteiger partial charge is 0.444 e. The quantitative estimate of drug-likeness (QED) is 0.294. The average molecular weight is 570 g/mol. The third-order valence-corrected chi connectivity index (χ3v) is 6.51.